The predicted octanol–water partition coefficient (Wildman–Crippen LogP) is 2.89. The van der Waals surface area contributed by atoms with Gasteiger partial charge in [-0.25, -0.2) is 4.68 Å². The number of aryl methyl sites for hydroxylation is 1. The minimum atomic E-state index is -0.309. The fourth-order valence-electron chi connectivity index (χ4n) is 3.54. The number of hydrogen-bond donors (Lipinski definition) is 1. The lowest BCUT2D eigenvalue weighted by atomic mass is 10.1. The van der Waals surface area contributed by atoms with E-state index >= 15 is 0 Å². The molecule has 1 atom stereocenters. The number of anilines is 1. The number of benzene rings is 2. The van der Waals surface area contributed by atoms with Gasteiger partial charge in [-0.1, -0.05) is 35.9 Å². The molecule has 0 saturated carbocycles. The highest BCUT2D eigenvalue weighted by Crippen LogP contribution is 2.25. The first kappa shape index (κ1) is 18.9. The summed E-state index contributed by atoms with van der Waals surface area (Å²) in [5.41, 5.74) is 4.05. The lowest BCUT2D eigenvalue weighted by Crippen LogP contribution is -2.34. The van der Waals surface area contributed by atoms with Gasteiger partial charge in [0.1, 0.15) is 0 Å². The summed E-state index contributed by atoms with van der Waals surface area (Å²) in [6.45, 7) is 2.96. The Morgan fingerprint density at radius 3 is 2.62 bits per heavy atom. The highest BCUT2D eigenvalue weighted by molar-refractivity contribution is 6.00. The van der Waals surface area contributed by atoms with E-state index in [1.807, 2.05) is 78.6 Å². The van der Waals surface area contributed by atoms with Gasteiger partial charge in [-0.15, -0.1) is 0 Å². The molecule has 0 bridgehead atoms. The van der Waals surface area contributed by atoms with Crippen LogP contribution in [0.15, 0.2) is 67.0 Å². The van der Waals surface area contributed by atoms with E-state index < -0.39 is 0 Å². The Labute approximate surface area is 170 Å². The number of hydrogen-bond acceptors (Lipinski definition) is 3. The summed E-state index contributed by atoms with van der Waals surface area (Å²) in [6.07, 6.45) is 4.74. The van der Waals surface area contributed by atoms with E-state index in [1.54, 1.807) is 4.90 Å². The van der Waals surface area contributed by atoms with Gasteiger partial charge in [-0.2, -0.15) is 5.10 Å². The molecular weight excluding hydrogens is 364 g/mol. The molecule has 2 aromatic carbocycles. The molecule has 148 valence electrons. The predicted molar refractivity (Wildman–Crippen MR) is 112 cm³/mol. The first-order chi connectivity index (χ1) is 14.1. The molecule has 3 aromatic rings. The first-order valence-corrected chi connectivity index (χ1v) is 9.84. The van der Waals surface area contributed by atoms with E-state index in [4.69, 9.17) is 0 Å². The minimum Gasteiger partial charge on any atom is -0.355 e. The van der Waals surface area contributed by atoms with Crippen LogP contribution in [0, 0.1) is 12.8 Å². The molecule has 4 rings (SSSR count). The van der Waals surface area contributed by atoms with Crippen LogP contribution in [0.4, 0.5) is 5.69 Å². The van der Waals surface area contributed by atoms with Crippen LogP contribution in [0.5, 0.6) is 0 Å². The van der Waals surface area contributed by atoms with Gasteiger partial charge in [0.25, 0.3) is 0 Å². The molecule has 1 saturated heterocycles. The SMILES string of the molecule is Cc1ccc(N2CC(C(=O)NCCc3cnn(-c4ccccc4)c3)CC2=O)cc1. The highest BCUT2D eigenvalue weighted by Gasteiger charge is 2.34. The molecule has 1 fully saturated rings. The number of aromatic nitrogens is 2. The fourth-order valence-corrected chi connectivity index (χ4v) is 3.54. The molecule has 6 nitrogen and oxygen atoms in total. The summed E-state index contributed by atoms with van der Waals surface area (Å²) in [5, 5.41) is 7.34. The van der Waals surface area contributed by atoms with Gasteiger partial charge in [0.2, 0.25) is 11.8 Å². The van der Waals surface area contributed by atoms with Gasteiger partial charge >= 0.3 is 0 Å². The number of carbonyl (C=O) groups excluding carboxylic acids is 2. The van der Waals surface area contributed by atoms with Crippen molar-refractivity contribution in [1.29, 1.82) is 0 Å². The van der Waals surface area contributed by atoms with Crippen LogP contribution in [-0.4, -0.2) is 34.7 Å². The van der Waals surface area contributed by atoms with Crippen LogP contribution in [0.3, 0.4) is 0 Å². The average Bonchev–Trinajstić information content (AvgIpc) is 3.36. The minimum absolute atomic E-state index is 0.00172. The molecular formula is C23H24N4O2. The Bertz CT molecular complexity index is 995. The number of carbonyl (C=O) groups is 2. The van der Waals surface area contributed by atoms with Gasteiger partial charge in [0, 0.05) is 31.4 Å². The van der Waals surface area contributed by atoms with Crippen molar-refractivity contribution in [2.75, 3.05) is 18.0 Å². The molecule has 1 N–H and O–H groups in total. The summed E-state index contributed by atoms with van der Waals surface area (Å²) < 4.78 is 1.83. The Balaban J connectivity index is 1.29. The molecule has 29 heavy (non-hydrogen) atoms. The van der Waals surface area contributed by atoms with E-state index in [-0.39, 0.29) is 24.2 Å². The number of amides is 2. The molecule has 6 heteroatoms. The van der Waals surface area contributed by atoms with Crippen LogP contribution < -0.4 is 10.2 Å². The van der Waals surface area contributed by atoms with Crippen LogP contribution in [0.2, 0.25) is 0 Å². The molecule has 2 heterocycles. The van der Waals surface area contributed by atoms with Crippen molar-refractivity contribution >= 4 is 17.5 Å². The summed E-state index contributed by atoms with van der Waals surface area (Å²) in [5.74, 6) is -0.377. The van der Waals surface area contributed by atoms with Crippen molar-refractivity contribution in [1.82, 2.24) is 15.1 Å². The number of nitrogens with zero attached hydrogens (tertiary/aromatic N) is 3. The molecule has 1 aliphatic rings. The van der Waals surface area contributed by atoms with E-state index in [1.165, 1.54) is 0 Å². The Morgan fingerprint density at radius 1 is 1.10 bits per heavy atom. The molecule has 2 amide bonds. The van der Waals surface area contributed by atoms with Crippen molar-refractivity contribution in [2.45, 2.75) is 19.8 Å². The number of nitrogens with one attached hydrogen (secondary N) is 1. The summed E-state index contributed by atoms with van der Waals surface area (Å²) in [6, 6.07) is 17.7. The molecule has 0 radical (unpaired) electrons. The van der Waals surface area contributed by atoms with Crippen LogP contribution in [-0.2, 0) is 16.0 Å². The van der Waals surface area contributed by atoms with Crippen molar-refractivity contribution in [3.05, 3.63) is 78.1 Å². The molecule has 0 aliphatic carbocycles. The topological polar surface area (TPSA) is 67.2 Å². The standard InChI is InChI=1S/C23H24N4O2/c1-17-7-9-20(10-8-17)26-16-19(13-22(26)28)23(29)24-12-11-18-14-25-27(15-18)21-5-3-2-4-6-21/h2-10,14-15,19H,11-13,16H2,1H3,(H,24,29). The molecule has 1 aromatic heterocycles. The normalized spacial score (nSPS) is 16.2. The zero-order chi connectivity index (χ0) is 20.2. The van der Waals surface area contributed by atoms with Gasteiger partial charge in [0.15, 0.2) is 0 Å². The van der Waals surface area contributed by atoms with Crippen LogP contribution in [0.1, 0.15) is 17.5 Å². The van der Waals surface area contributed by atoms with E-state index in [9.17, 15) is 9.59 Å². The largest absolute Gasteiger partial charge is 0.355 e. The highest BCUT2D eigenvalue weighted by atomic mass is 16.2. The van der Waals surface area contributed by atoms with E-state index in [0.717, 1.165) is 22.5 Å². The maximum atomic E-state index is 12.5. The maximum absolute atomic E-state index is 12.5. The lowest BCUT2D eigenvalue weighted by Gasteiger charge is -2.17. The second-order valence-electron chi connectivity index (χ2n) is 7.41. The summed E-state index contributed by atoms with van der Waals surface area (Å²) in [4.78, 5) is 26.6. The molecule has 1 unspecified atom stereocenters. The Hall–Kier alpha value is -3.41. The van der Waals surface area contributed by atoms with Gasteiger partial charge in [-0.05, 0) is 43.2 Å². The van der Waals surface area contributed by atoms with Crippen LogP contribution >= 0.6 is 0 Å². The zero-order valence-electron chi connectivity index (χ0n) is 16.4. The third-order valence-electron chi connectivity index (χ3n) is 5.21. The maximum Gasteiger partial charge on any atom is 0.227 e. The van der Waals surface area contributed by atoms with Crippen molar-refractivity contribution in [2.24, 2.45) is 5.92 Å². The third kappa shape index (κ3) is 4.37. The van der Waals surface area contributed by atoms with Crippen LogP contribution in [0.25, 0.3) is 5.69 Å². The van der Waals surface area contributed by atoms with Crippen molar-refractivity contribution in [3.63, 3.8) is 0 Å². The smallest absolute Gasteiger partial charge is 0.227 e. The Kier molecular flexibility index (Phi) is 5.42. The molecule has 0 spiro atoms. The molecule has 1 aliphatic heterocycles. The fraction of sp³-hybridized carbons (Fsp3) is 0.261. The van der Waals surface area contributed by atoms with Gasteiger partial charge in [-0.3, -0.25) is 9.59 Å². The van der Waals surface area contributed by atoms with E-state index in [2.05, 4.69) is 10.4 Å². The number of para-hydroxylation sites is 1. The van der Waals surface area contributed by atoms with E-state index in [0.29, 0.717) is 19.5 Å². The summed E-state index contributed by atoms with van der Waals surface area (Å²) in [7, 11) is 0. The first-order valence-electron chi connectivity index (χ1n) is 9.84. The van der Waals surface area contributed by atoms with Crippen molar-refractivity contribution in [3.8, 4) is 5.69 Å². The zero-order valence-corrected chi connectivity index (χ0v) is 16.4. The average molecular weight is 388 g/mol. The second-order valence-corrected chi connectivity index (χ2v) is 7.41. The van der Waals surface area contributed by atoms with Gasteiger partial charge < -0.3 is 10.2 Å². The number of rotatable bonds is 6. The lowest BCUT2D eigenvalue weighted by molar-refractivity contribution is -0.126. The third-order valence-corrected chi connectivity index (χ3v) is 5.21. The van der Waals surface area contributed by atoms with Crippen molar-refractivity contribution < 1.29 is 9.59 Å². The second kappa shape index (κ2) is 8.31. The quantitative estimate of drug-likeness (QED) is 0.706. The monoisotopic (exact) mass is 388 g/mol. The summed E-state index contributed by atoms with van der Waals surface area (Å²) >= 11 is 0. The Morgan fingerprint density at radius 2 is 1.86 bits per heavy atom. The van der Waals surface area contributed by atoms with Gasteiger partial charge in [0.05, 0.1) is 17.8 Å².